The van der Waals surface area contributed by atoms with Gasteiger partial charge >= 0.3 is 14.3 Å². The van der Waals surface area contributed by atoms with Gasteiger partial charge in [0.15, 0.2) is 0 Å². The third kappa shape index (κ3) is 2.94. The Balaban J connectivity index is 2.06. The van der Waals surface area contributed by atoms with Crippen molar-refractivity contribution >= 4 is 8.56 Å². The summed E-state index contributed by atoms with van der Waals surface area (Å²) in [5.41, 5.74) is -3.12. The van der Waals surface area contributed by atoms with Crippen molar-refractivity contribution < 1.29 is 23.8 Å². The highest BCUT2D eigenvalue weighted by Crippen LogP contribution is 2.56. The first-order valence-electron chi connectivity index (χ1n) is 9.40. The molecule has 158 valence electrons. The van der Waals surface area contributed by atoms with Crippen LogP contribution in [0.15, 0.2) is 21.9 Å². The van der Waals surface area contributed by atoms with Gasteiger partial charge in [-0.15, -0.1) is 0 Å². The van der Waals surface area contributed by atoms with Crippen LogP contribution in [0, 0.1) is 0 Å². The van der Waals surface area contributed by atoms with Gasteiger partial charge in [0.1, 0.15) is 18.3 Å². The number of aliphatic hydroxyl groups is 2. The van der Waals surface area contributed by atoms with Crippen molar-refractivity contribution in [3.8, 4) is 0 Å². The molecule has 1 aromatic heterocycles. The number of nitrogens with one attached hydrogen (secondary N) is 1. The van der Waals surface area contributed by atoms with E-state index in [1.807, 2.05) is 0 Å². The average Bonchev–Trinajstić information content (AvgIpc) is 2.85. The molecule has 0 amide bonds. The highest BCUT2D eigenvalue weighted by Gasteiger charge is 2.67. The van der Waals surface area contributed by atoms with Crippen molar-refractivity contribution in [3.05, 3.63) is 33.1 Å². The second kappa shape index (κ2) is 6.61. The largest absolute Gasteiger partial charge is 0.391 e. The zero-order valence-corrected chi connectivity index (χ0v) is 18.2. The van der Waals surface area contributed by atoms with E-state index in [0.717, 1.165) is 10.6 Å². The lowest BCUT2D eigenvalue weighted by Gasteiger charge is -2.53. The third-order valence-corrected chi connectivity index (χ3v) is 10.8. The molecular formula is C18H30N2O7Si. The van der Waals surface area contributed by atoms with E-state index >= 15 is 0 Å². The number of rotatable bonds is 2. The fourth-order valence-electron chi connectivity index (χ4n) is 4.59. The number of aromatic amines is 1. The van der Waals surface area contributed by atoms with Crippen LogP contribution in [0.3, 0.4) is 0 Å². The van der Waals surface area contributed by atoms with Crippen molar-refractivity contribution in [2.24, 2.45) is 0 Å². The van der Waals surface area contributed by atoms with Crippen LogP contribution in [0.25, 0.3) is 0 Å². The van der Waals surface area contributed by atoms with Crippen LogP contribution in [0.5, 0.6) is 0 Å². The Morgan fingerprint density at radius 3 is 2.36 bits per heavy atom. The van der Waals surface area contributed by atoms with Gasteiger partial charge < -0.3 is 23.8 Å². The predicted molar refractivity (Wildman–Crippen MR) is 103 cm³/mol. The minimum Gasteiger partial charge on any atom is -0.391 e. The Morgan fingerprint density at radius 1 is 1.25 bits per heavy atom. The van der Waals surface area contributed by atoms with Crippen LogP contribution in [-0.2, 0) is 19.3 Å². The van der Waals surface area contributed by atoms with Gasteiger partial charge in [0.25, 0.3) is 5.56 Å². The van der Waals surface area contributed by atoms with Crippen molar-refractivity contribution in [1.82, 2.24) is 9.55 Å². The van der Waals surface area contributed by atoms with Crippen molar-refractivity contribution in [3.63, 3.8) is 0 Å². The Hall–Kier alpha value is -1.30. The molecule has 3 N–H and O–H groups in total. The molecule has 3 rings (SSSR count). The molecule has 2 aliphatic heterocycles. The first kappa shape index (κ1) is 21.4. The number of hydrogen-bond donors (Lipinski definition) is 3. The van der Waals surface area contributed by atoms with E-state index < -0.39 is 50.5 Å². The topological polar surface area (TPSA) is 123 Å². The summed E-state index contributed by atoms with van der Waals surface area (Å²) in [6, 6.07) is 1.14. The summed E-state index contributed by atoms with van der Waals surface area (Å²) in [7, 11) is -2.88. The van der Waals surface area contributed by atoms with Crippen LogP contribution in [0.1, 0.15) is 41.5 Å². The fourth-order valence-corrected chi connectivity index (χ4v) is 9.54. The maximum Gasteiger partial charge on any atom is 0.349 e. The maximum absolute atomic E-state index is 12.3. The molecular weight excluding hydrogens is 384 g/mol. The van der Waals surface area contributed by atoms with E-state index in [9.17, 15) is 19.8 Å². The number of aromatic nitrogens is 2. The van der Waals surface area contributed by atoms with E-state index in [1.165, 1.54) is 6.20 Å². The molecule has 28 heavy (non-hydrogen) atoms. The molecule has 4 atom stereocenters. The monoisotopic (exact) mass is 414 g/mol. The van der Waals surface area contributed by atoms with Gasteiger partial charge in [-0.2, -0.15) is 0 Å². The summed E-state index contributed by atoms with van der Waals surface area (Å²) in [5.74, 6) is 0. The molecule has 0 saturated carbocycles. The highest BCUT2D eigenvalue weighted by molar-refractivity contribution is 6.73. The summed E-state index contributed by atoms with van der Waals surface area (Å²) in [4.78, 5) is 25.9. The lowest BCUT2D eigenvalue weighted by molar-refractivity contribution is -0.173. The van der Waals surface area contributed by atoms with Crippen LogP contribution in [0.4, 0.5) is 0 Å². The standard InChI is InChI=1S/C18H30N2O7Si/c1-16(2,3)28(17(4,5)6)25-9-11-13(27-28)14(23)18(10-21,26-11)20-8-7-12(22)19-15(20)24/h7-8,11,13-14,21,23H,9-10H2,1-6H3,(H,19,22,24)/t11-,13-,14-,18-/m1/s1. The highest BCUT2D eigenvalue weighted by atomic mass is 28.4. The first-order chi connectivity index (χ1) is 12.8. The summed E-state index contributed by atoms with van der Waals surface area (Å²) < 4.78 is 19.8. The van der Waals surface area contributed by atoms with Gasteiger partial charge in [0, 0.05) is 22.3 Å². The molecule has 2 saturated heterocycles. The van der Waals surface area contributed by atoms with Gasteiger partial charge in [0.05, 0.1) is 13.2 Å². The molecule has 0 unspecified atom stereocenters. The van der Waals surface area contributed by atoms with Crippen LogP contribution in [-0.4, -0.2) is 59.9 Å². The van der Waals surface area contributed by atoms with E-state index in [1.54, 1.807) is 0 Å². The molecule has 0 spiro atoms. The smallest absolute Gasteiger partial charge is 0.349 e. The molecule has 2 aliphatic rings. The fraction of sp³-hybridized carbons (Fsp3) is 0.778. The zero-order chi connectivity index (χ0) is 21.1. The van der Waals surface area contributed by atoms with Crippen molar-refractivity contribution in [1.29, 1.82) is 0 Å². The quantitative estimate of drug-likeness (QED) is 0.599. The van der Waals surface area contributed by atoms with E-state index in [-0.39, 0.29) is 16.7 Å². The Labute approximate surface area is 164 Å². The van der Waals surface area contributed by atoms with Crippen molar-refractivity contribution in [2.75, 3.05) is 13.2 Å². The molecule has 2 fully saturated rings. The minimum atomic E-state index is -2.88. The Bertz CT molecular complexity index is 839. The first-order valence-corrected chi connectivity index (χ1v) is 11.2. The molecule has 9 nitrogen and oxygen atoms in total. The Kier molecular flexibility index (Phi) is 5.05. The summed E-state index contributed by atoms with van der Waals surface area (Å²) in [6.45, 7) is 11.8. The van der Waals surface area contributed by atoms with Gasteiger partial charge in [-0.1, -0.05) is 41.5 Å². The molecule has 0 aromatic carbocycles. The second-order valence-corrected chi connectivity index (χ2v) is 14.4. The molecule has 10 heteroatoms. The summed E-state index contributed by atoms with van der Waals surface area (Å²) >= 11 is 0. The van der Waals surface area contributed by atoms with E-state index in [2.05, 4.69) is 46.5 Å². The second-order valence-electron chi connectivity index (χ2n) is 9.59. The number of aliphatic hydroxyl groups excluding tert-OH is 2. The Morgan fingerprint density at radius 2 is 1.86 bits per heavy atom. The van der Waals surface area contributed by atoms with Crippen LogP contribution >= 0.6 is 0 Å². The van der Waals surface area contributed by atoms with Gasteiger partial charge in [-0.3, -0.25) is 14.3 Å². The van der Waals surface area contributed by atoms with Crippen LogP contribution < -0.4 is 11.2 Å². The molecule has 0 radical (unpaired) electrons. The van der Waals surface area contributed by atoms with Crippen LogP contribution in [0.2, 0.25) is 10.1 Å². The number of fused-ring (bicyclic) bond motifs is 1. The lowest BCUT2D eigenvalue weighted by Crippen LogP contribution is -2.65. The molecule has 3 heterocycles. The number of hydrogen-bond acceptors (Lipinski definition) is 7. The zero-order valence-electron chi connectivity index (χ0n) is 17.2. The number of H-pyrrole nitrogens is 1. The SMILES string of the molecule is CC(C)(C)[Si]1(C(C)(C)C)OC[C@H]2O[C@@](CO)(n3ccc(=O)[nH]c3=O)[C@H](O)[C@@H]2O1. The normalized spacial score (nSPS) is 32.9. The third-order valence-electron chi connectivity index (χ3n) is 5.68. The summed E-state index contributed by atoms with van der Waals surface area (Å²) in [5, 5.41) is 20.7. The van der Waals surface area contributed by atoms with E-state index in [0.29, 0.717) is 0 Å². The lowest BCUT2D eigenvalue weighted by atomic mass is 10.0. The van der Waals surface area contributed by atoms with Gasteiger partial charge in [-0.05, 0) is 0 Å². The minimum absolute atomic E-state index is 0.183. The molecule has 0 aliphatic carbocycles. The number of nitrogens with zero attached hydrogens (tertiary/aromatic N) is 1. The maximum atomic E-state index is 12.3. The predicted octanol–water partition coefficient (Wildman–Crippen LogP) is 0.399. The van der Waals surface area contributed by atoms with E-state index in [4.69, 9.17) is 13.6 Å². The van der Waals surface area contributed by atoms with Gasteiger partial charge in [0.2, 0.25) is 5.72 Å². The molecule has 1 aromatic rings. The number of ether oxygens (including phenoxy) is 1. The molecule has 0 bridgehead atoms. The van der Waals surface area contributed by atoms with Crippen molar-refractivity contribution in [2.45, 2.75) is 75.7 Å². The average molecular weight is 415 g/mol. The summed E-state index contributed by atoms with van der Waals surface area (Å²) in [6.07, 6.45) is -1.56. The van der Waals surface area contributed by atoms with Gasteiger partial charge in [-0.25, -0.2) is 4.79 Å².